The van der Waals surface area contributed by atoms with Crippen LogP contribution in [0.25, 0.3) is 103 Å². The molecule has 4 aromatic heterocycles. The third-order valence-electron chi connectivity index (χ3n) is 10.2. The molecular formula is C47H28N2OS. The predicted octanol–water partition coefficient (Wildman–Crippen LogP) is 13.4. The van der Waals surface area contributed by atoms with Crippen LogP contribution in [-0.4, -0.2) is 9.55 Å². The summed E-state index contributed by atoms with van der Waals surface area (Å²) >= 11 is 1.89. The van der Waals surface area contributed by atoms with E-state index >= 15 is 0 Å². The molecule has 3 nitrogen and oxygen atoms in total. The number of benzene rings is 7. The summed E-state index contributed by atoms with van der Waals surface area (Å²) in [5.41, 5.74) is 11.7. The van der Waals surface area contributed by atoms with E-state index in [1.54, 1.807) is 0 Å². The zero-order valence-electron chi connectivity index (χ0n) is 27.4. The quantitative estimate of drug-likeness (QED) is 0.187. The average Bonchev–Trinajstić information content (AvgIpc) is 3.87. The van der Waals surface area contributed by atoms with Crippen LogP contribution in [-0.2, 0) is 0 Å². The normalized spacial score (nSPS) is 11.9. The van der Waals surface area contributed by atoms with E-state index in [2.05, 4.69) is 162 Å². The maximum Gasteiger partial charge on any atom is 0.136 e. The van der Waals surface area contributed by atoms with Crippen molar-refractivity contribution in [2.75, 3.05) is 0 Å². The fourth-order valence-corrected chi connectivity index (χ4v) is 9.26. The van der Waals surface area contributed by atoms with Gasteiger partial charge in [0.25, 0.3) is 0 Å². The molecule has 0 bridgehead atoms. The average molecular weight is 669 g/mol. The first-order valence-corrected chi connectivity index (χ1v) is 18.0. The van der Waals surface area contributed by atoms with Crippen LogP contribution in [0.2, 0.25) is 0 Å². The molecule has 11 rings (SSSR count). The summed E-state index contributed by atoms with van der Waals surface area (Å²) < 4.78 is 11.3. The Morgan fingerprint density at radius 3 is 1.96 bits per heavy atom. The highest BCUT2D eigenvalue weighted by atomic mass is 32.1. The Morgan fingerprint density at radius 2 is 1.10 bits per heavy atom. The standard InChI is InChI=1S/C47H28N2OS/c1-3-12-29(13-4-1)39-26-31(27-40(48-39)30-22-23-35-34-16-8-10-21-43(34)50-44(35)28-30)33-18-11-19-36-37-24-25-42-45(47(37)51-46(33)36)38-17-7-9-20-41(38)49(42)32-14-5-2-6-15-32/h1-28H. The molecule has 0 unspecified atom stereocenters. The molecule has 0 saturated carbocycles. The molecule has 7 aromatic carbocycles. The van der Waals surface area contributed by atoms with Gasteiger partial charge >= 0.3 is 0 Å². The zero-order valence-corrected chi connectivity index (χ0v) is 28.2. The van der Waals surface area contributed by atoms with Crippen molar-refractivity contribution in [2.24, 2.45) is 0 Å². The lowest BCUT2D eigenvalue weighted by Gasteiger charge is -2.11. The Kier molecular flexibility index (Phi) is 6.12. The van der Waals surface area contributed by atoms with Crippen LogP contribution in [0.3, 0.4) is 0 Å². The number of aromatic nitrogens is 2. The van der Waals surface area contributed by atoms with Crippen LogP contribution >= 0.6 is 11.3 Å². The molecule has 0 atom stereocenters. The van der Waals surface area contributed by atoms with E-state index in [4.69, 9.17) is 9.40 Å². The van der Waals surface area contributed by atoms with Crippen molar-refractivity contribution in [3.05, 3.63) is 170 Å². The van der Waals surface area contributed by atoms with Crippen molar-refractivity contribution in [3.63, 3.8) is 0 Å². The van der Waals surface area contributed by atoms with Crippen LogP contribution in [0, 0.1) is 0 Å². The molecule has 4 heteroatoms. The number of rotatable bonds is 4. The Balaban J connectivity index is 1.16. The summed E-state index contributed by atoms with van der Waals surface area (Å²) in [4.78, 5) is 5.25. The largest absolute Gasteiger partial charge is 0.456 e. The minimum Gasteiger partial charge on any atom is -0.456 e. The maximum atomic E-state index is 6.30. The second-order valence-electron chi connectivity index (χ2n) is 13.1. The van der Waals surface area contributed by atoms with Crippen molar-refractivity contribution < 1.29 is 4.42 Å². The number of para-hydroxylation sites is 3. The Hall–Kier alpha value is -6.49. The van der Waals surface area contributed by atoms with Crippen LogP contribution in [0.4, 0.5) is 0 Å². The van der Waals surface area contributed by atoms with E-state index in [0.717, 1.165) is 50.0 Å². The summed E-state index contributed by atoms with van der Waals surface area (Å²) in [5, 5.41) is 7.38. The number of thiophene rings is 1. The van der Waals surface area contributed by atoms with Gasteiger partial charge in [0.1, 0.15) is 11.2 Å². The fourth-order valence-electron chi connectivity index (χ4n) is 7.87. The lowest BCUT2D eigenvalue weighted by Crippen LogP contribution is -1.92. The highest BCUT2D eigenvalue weighted by molar-refractivity contribution is 7.27. The molecule has 0 N–H and O–H groups in total. The van der Waals surface area contributed by atoms with Gasteiger partial charge in [-0.15, -0.1) is 11.3 Å². The fraction of sp³-hybridized carbons (Fsp3) is 0. The minimum atomic E-state index is 0.868. The van der Waals surface area contributed by atoms with Crippen molar-refractivity contribution in [3.8, 4) is 39.3 Å². The molecule has 51 heavy (non-hydrogen) atoms. The number of pyridine rings is 1. The van der Waals surface area contributed by atoms with E-state index in [1.165, 1.54) is 53.2 Å². The first-order valence-electron chi connectivity index (χ1n) is 17.2. The third kappa shape index (κ3) is 4.33. The number of furan rings is 1. The maximum absolute atomic E-state index is 6.30. The summed E-state index contributed by atoms with van der Waals surface area (Å²) in [5.74, 6) is 0. The highest BCUT2D eigenvalue weighted by Crippen LogP contribution is 2.46. The number of nitrogens with zero attached hydrogens (tertiary/aromatic N) is 2. The topological polar surface area (TPSA) is 31.0 Å². The van der Waals surface area contributed by atoms with Crippen LogP contribution in [0.15, 0.2) is 174 Å². The van der Waals surface area contributed by atoms with Crippen molar-refractivity contribution in [1.29, 1.82) is 0 Å². The zero-order chi connectivity index (χ0) is 33.5. The van der Waals surface area contributed by atoms with Crippen molar-refractivity contribution >= 4 is 75.3 Å². The minimum absolute atomic E-state index is 0.868. The van der Waals surface area contributed by atoms with E-state index in [1.807, 2.05) is 23.5 Å². The highest BCUT2D eigenvalue weighted by Gasteiger charge is 2.20. The van der Waals surface area contributed by atoms with Gasteiger partial charge in [0.2, 0.25) is 0 Å². The smallest absolute Gasteiger partial charge is 0.136 e. The number of hydrogen-bond donors (Lipinski definition) is 0. The van der Waals surface area contributed by atoms with Crippen LogP contribution < -0.4 is 0 Å². The van der Waals surface area contributed by atoms with Gasteiger partial charge in [-0.25, -0.2) is 4.98 Å². The Bertz CT molecular complexity index is 3130. The molecular weight excluding hydrogens is 641 g/mol. The second kappa shape index (κ2) is 11.0. The Labute approximate surface area is 297 Å². The monoisotopic (exact) mass is 668 g/mol. The molecule has 0 spiro atoms. The lowest BCUT2D eigenvalue weighted by atomic mass is 9.98. The molecule has 0 aliphatic rings. The summed E-state index contributed by atoms with van der Waals surface area (Å²) in [7, 11) is 0. The van der Waals surface area contributed by atoms with E-state index in [-0.39, 0.29) is 0 Å². The van der Waals surface area contributed by atoms with Crippen LogP contribution in [0.5, 0.6) is 0 Å². The van der Waals surface area contributed by atoms with Gasteiger partial charge in [-0.2, -0.15) is 0 Å². The number of fused-ring (bicyclic) bond motifs is 10. The predicted molar refractivity (Wildman–Crippen MR) is 215 cm³/mol. The number of hydrogen-bond acceptors (Lipinski definition) is 3. The lowest BCUT2D eigenvalue weighted by molar-refractivity contribution is 0.669. The molecule has 0 radical (unpaired) electrons. The first kappa shape index (κ1) is 28.4. The third-order valence-corrected chi connectivity index (χ3v) is 11.5. The van der Waals surface area contributed by atoms with Gasteiger partial charge in [-0.1, -0.05) is 115 Å². The molecule has 0 fully saturated rings. The molecule has 11 aromatic rings. The Morgan fingerprint density at radius 1 is 0.431 bits per heavy atom. The SMILES string of the molecule is c1ccc(-c2cc(-c3cccc4c3sc3c4ccc4c3c3ccccc3n4-c3ccccc3)cc(-c3ccc4c(c3)oc3ccccc34)n2)cc1. The van der Waals surface area contributed by atoms with E-state index < -0.39 is 0 Å². The van der Waals surface area contributed by atoms with Crippen LogP contribution in [0.1, 0.15) is 0 Å². The summed E-state index contributed by atoms with van der Waals surface area (Å²) in [6, 6.07) is 60.5. The van der Waals surface area contributed by atoms with Gasteiger partial charge in [0.05, 0.1) is 22.4 Å². The summed E-state index contributed by atoms with van der Waals surface area (Å²) in [6.45, 7) is 0. The van der Waals surface area contributed by atoms with Gasteiger partial charge < -0.3 is 8.98 Å². The van der Waals surface area contributed by atoms with Gasteiger partial charge in [0, 0.05) is 58.5 Å². The second-order valence-corrected chi connectivity index (χ2v) is 14.1. The molecule has 0 aliphatic heterocycles. The molecule has 4 heterocycles. The van der Waals surface area contributed by atoms with E-state index in [9.17, 15) is 0 Å². The molecule has 238 valence electrons. The van der Waals surface area contributed by atoms with Gasteiger partial charge in [0.15, 0.2) is 0 Å². The first-order chi connectivity index (χ1) is 25.3. The van der Waals surface area contributed by atoms with Gasteiger partial charge in [-0.05, 0) is 65.7 Å². The van der Waals surface area contributed by atoms with Crippen molar-refractivity contribution in [1.82, 2.24) is 9.55 Å². The molecule has 0 saturated heterocycles. The summed E-state index contributed by atoms with van der Waals surface area (Å²) in [6.07, 6.45) is 0. The molecule has 0 aliphatic carbocycles. The van der Waals surface area contributed by atoms with E-state index in [0.29, 0.717) is 0 Å². The van der Waals surface area contributed by atoms with Gasteiger partial charge in [-0.3, -0.25) is 0 Å². The molecule has 0 amide bonds. The van der Waals surface area contributed by atoms with Crippen molar-refractivity contribution in [2.45, 2.75) is 0 Å².